The van der Waals surface area contributed by atoms with E-state index in [-0.39, 0.29) is 0 Å². The molecule has 3 nitrogen and oxygen atoms in total. The van der Waals surface area contributed by atoms with Gasteiger partial charge in [-0.15, -0.1) is 0 Å². The van der Waals surface area contributed by atoms with Crippen molar-refractivity contribution in [3.8, 4) is 0 Å². The van der Waals surface area contributed by atoms with Crippen LogP contribution in [0.25, 0.3) is 0 Å². The fourth-order valence-electron chi connectivity index (χ4n) is 0.903. The first-order valence-electron chi connectivity index (χ1n) is 3.52. The molecule has 1 rings (SSSR count). The van der Waals surface area contributed by atoms with Crippen LogP contribution >= 0.6 is 11.6 Å². The molecule has 8 heteroatoms. The zero-order valence-corrected chi connectivity index (χ0v) is 8.62. The lowest BCUT2D eigenvalue weighted by Gasteiger charge is -2.09. The molecule has 1 aromatic carbocycles. The van der Waals surface area contributed by atoms with Crippen molar-refractivity contribution in [1.29, 1.82) is 0 Å². The van der Waals surface area contributed by atoms with Gasteiger partial charge in [0.15, 0.2) is 0 Å². The van der Waals surface area contributed by atoms with E-state index in [4.69, 9.17) is 16.7 Å². The smallest absolute Gasteiger partial charge is 0.225 e. The highest BCUT2D eigenvalue weighted by Gasteiger charge is 2.33. The van der Waals surface area contributed by atoms with E-state index in [1.54, 1.807) is 0 Å². The molecule has 15 heavy (non-hydrogen) atoms. The third kappa shape index (κ3) is 2.83. The Hall–Kier alpha value is -0.790. The van der Waals surface area contributed by atoms with Gasteiger partial charge in [-0.3, -0.25) is 0 Å². The van der Waals surface area contributed by atoms with Crippen molar-refractivity contribution in [2.45, 2.75) is 11.1 Å². The first-order chi connectivity index (χ1) is 6.62. The SMILES string of the molecule is NS(=O)(=O)c1ccc(C(F)(F)F)c(Cl)c1. The highest BCUT2D eigenvalue weighted by atomic mass is 35.5. The van der Waals surface area contributed by atoms with Gasteiger partial charge in [0.2, 0.25) is 10.0 Å². The van der Waals surface area contributed by atoms with E-state index in [0.717, 1.165) is 6.07 Å². The van der Waals surface area contributed by atoms with Gasteiger partial charge in [0.1, 0.15) is 0 Å². The summed E-state index contributed by atoms with van der Waals surface area (Å²) >= 11 is 5.28. The molecule has 0 aromatic heterocycles. The van der Waals surface area contributed by atoms with Crippen LogP contribution in [0, 0.1) is 0 Å². The molecule has 84 valence electrons. The van der Waals surface area contributed by atoms with Gasteiger partial charge in [0.05, 0.1) is 15.5 Å². The molecule has 0 spiro atoms. The Bertz CT molecular complexity index is 483. The number of alkyl halides is 3. The number of benzene rings is 1. The molecule has 0 aliphatic heterocycles. The number of nitrogens with two attached hydrogens (primary N) is 1. The van der Waals surface area contributed by atoms with Crippen LogP contribution in [-0.4, -0.2) is 8.42 Å². The van der Waals surface area contributed by atoms with Crippen LogP contribution in [0.3, 0.4) is 0 Å². The largest absolute Gasteiger partial charge is 0.417 e. The van der Waals surface area contributed by atoms with Crippen LogP contribution in [0.15, 0.2) is 23.1 Å². The summed E-state index contributed by atoms with van der Waals surface area (Å²) in [5, 5.41) is 4.02. The summed E-state index contributed by atoms with van der Waals surface area (Å²) in [6, 6.07) is 1.99. The summed E-state index contributed by atoms with van der Waals surface area (Å²) in [6.45, 7) is 0. The molecular weight excluding hydrogens is 255 g/mol. The Labute approximate surface area is 88.7 Å². The van der Waals surface area contributed by atoms with Crippen LogP contribution in [0.5, 0.6) is 0 Å². The molecule has 0 aliphatic rings. The van der Waals surface area contributed by atoms with Gasteiger partial charge in [-0.2, -0.15) is 13.2 Å². The molecule has 1 aromatic rings. The highest BCUT2D eigenvalue weighted by molar-refractivity contribution is 7.89. The van der Waals surface area contributed by atoms with E-state index in [0.29, 0.717) is 12.1 Å². The summed E-state index contributed by atoms with van der Waals surface area (Å²) in [7, 11) is -4.04. The topological polar surface area (TPSA) is 60.2 Å². The van der Waals surface area contributed by atoms with Crippen molar-refractivity contribution < 1.29 is 21.6 Å². The third-order valence-corrected chi connectivity index (χ3v) is 2.80. The van der Waals surface area contributed by atoms with Crippen LogP contribution in [0.4, 0.5) is 13.2 Å². The number of primary sulfonamides is 1. The maximum atomic E-state index is 12.2. The maximum absolute atomic E-state index is 12.2. The summed E-state index contributed by atoms with van der Waals surface area (Å²) in [4.78, 5) is -0.458. The van der Waals surface area contributed by atoms with Gasteiger partial charge in [0, 0.05) is 0 Å². The quantitative estimate of drug-likeness (QED) is 0.839. The summed E-state index contributed by atoms with van der Waals surface area (Å²) in [5.41, 5.74) is -1.10. The number of hydrogen-bond acceptors (Lipinski definition) is 2. The van der Waals surface area contributed by atoms with Crippen molar-refractivity contribution >= 4 is 21.6 Å². The standard InChI is InChI=1S/C7H5ClF3NO2S/c8-6-3-4(15(12,13)14)1-2-5(6)7(9,10)11/h1-3H,(H2,12,13,14). The minimum atomic E-state index is -4.62. The predicted molar refractivity (Wildman–Crippen MR) is 47.8 cm³/mol. The number of sulfonamides is 1. The van der Waals surface area contributed by atoms with E-state index in [2.05, 4.69) is 0 Å². The lowest BCUT2D eigenvalue weighted by atomic mass is 10.2. The van der Waals surface area contributed by atoms with E-state index >= 15 is 0 Å². The van der Waals surface area contributed by atoms with Gasteiger partial charge in [0.25, 0.3) is 0 Å². The second-order valence-electron chi connectivity index (χ2n) is 2.68. The second kappa shape index (κ2) is 3.66. The van der Waals surface area contributed by atoms with Crippen LogP contribution in [0.2, 0.25) is 5.02 Å². The predicted octanol–water partition coefficient (Wildman–Crippen LogP) is 2.01. The Morgan fingerprint density at radius 2 is 1.80 bits per heavy atom. The molecular formula is C7H5ClF3NO2S. The van der Waals surface area contributed by atoms with E-state index in [9.17, 15) is 21.6 Å². The normalized spacial score (nSPS) is 12.9. The Morgan fingerprint density at radius 3 is 2.13 bits per heavy atom. The van der Waals surface area contributed by atoms with Crippen molar-refractivity contribution in [1.82, 2.24) is 0 Å². The van der Waals surface area contributed by atoms with Gasteiger partial charge in [-0.05, 0) is 18.2 Å². The summed E-state index contributed by atoms with van der Waals surface area (Å²) < 4.78 is 58.2. The minimum absolute atomic E-state index is 0.458. The molecule has 0 saturated carbocycles. The molecule has 0 radical (unpaired) electrons. The van der Waals surface area contributed by atoms with Crippen molar-refractivity contribution in [2.75, 3.05) is 0 Å². The first-order valence-corrected chi connectivity index (χ1v) is 5.44. The lowest BCUT2D eigenvalue weighted by molar-refractivity contribution is -0.137. The fraction of sp³-hybridized carbons (Fsp3) is 0.143. The van der Waals surface area contributed by atoms with Crippen LogP contribution in [0.1, 0.15) is 5.56 Å². The minimum Gasteiger partial charge on any atom is -0.225 e. The monoisotopic (exact) mass is 259 g/mol. The van der Waals surface area contributed by atoms with Gasteiger partial charge in [-0.25, -0.2) is 13.6 Å². The summed E-state index contributed by atoms with van der Waals surface area (Å²) in [6.07, 6.45) is -4.62. The van der Waals surface area contributed by atoms with Crippen molar-refractivity contribution in [3.63, 3.8) is 0 Å². The Morgan fingerprint density at radius 1 is 1.27 bits per heavy atom. The summed E-state index contributed by atoms with van der Waals surface area (Å²) in [5.74, 6) is 0. The van der Waals surface area contributed by atoms with Crippen molar-refractivity contribution in [3.05, 3.63) is 28.8 Å². The molecule has 0 aliphatic carbocycles. The lowest BCUT2D eigenvalue weighted by Crippen LogP contribution is -2.13. The van der Waals surface area contributed by atoms with E-state index in [1.807, 2.05) is 0 Å². The molecule has 0 fully saturated rings. The molecule has 0 atom stereocenters. The van der Waals surface area contributed by atoms with Gasteiger partial charge >= 0.3 is 6.18 Å². The first kappa shape index (κ1) is 12.3. The maximum Gasteiger partial charge on any atom is 0.417 e. The highest BCUT2D eigenvalue weighted by Crippen LogP contribution is 2.35. The third-order valence-electron chi connectivity index (χ3n) is 1.57. The van der Waals surface area contributed by atoms with Crippen LogP contribution < -0.4 is 5.14 Å². The van der Waals surface area contributed by atoms with Gasteiger partial charge < -0.3 is 0 Å². The Kier molecular flexibility index (Phi) is 2.99. The zero-order valence-electron chi connectivity index (χ0n) is 7.05. The van der Waals surface area contributed by atoms with E-state index < -0.39 is 31.7 Å². The number of halogens is 4. The molecule has 0 saturated heterocycles. The average Bonchev–Trinajstić information content (AvgIpc) is 1.99. The van der Waals surface area contributed by atoms with E-state index in [1.165, 1.54) is 0 Å². The number of rotatable bonds is 1. The Balaban J connectivity index is 3.34. The van der Waals surface area contributed by atoms with Crippen LogP contribution in [-0.2, 0) is 16.2 Å². The van der Waals surface area contributed by atoms with Gasteiger partial charge in [-0.1, -0.05) is 11.6 Å². The van der Waals surface area contributed by atoms with Crippen molar-refractivity contribution in [2.24, 2.45) is 5.14 Å². The molecule has 0 unspecified atom stereocenters. The number of hydrogen-bond donors (Lipinski definition) is 1. The zero-order chi connectivity index (χ0) is 11.9. The molecule has 0 amide bonds. The molecule has 0 bridgehead atoms. The average molecular weight is 260 g/mol. The fourth-order valence-corrected chi connectivity index (χ4v) is 1.79. The second-order valence-corrected chi connectivity index (χ2v) is 4.65. The molecule has 2 N–H and O–H groups in total. The molecule has 0 heterocycles.